The van der Waals surface area contributed by atoms with E-state index in [2.05, 4.69) is 71.9 Å². The van der Waals surface area contributed by atoms with E-state index in [0.29, 0.717) is 6.10 Å². The summed E-state index contributed by atoms with van der Waals surface area (Å²) in [7, 11) is 0. The van der Waals surface area contributed by atoms with Crippen molar-refractivity contribution >= 4 is 23.5 Å². The minimum atomic E-state index is 0.132. The zero-order valence-corrected chi connectivity index (χ0v) is 24.5. The molecule has 0 radical (unpaired) electrons. The fraction of sp³-hybridized carbons (Fsp3) is 0.677. The van der Waals surface area contributed by atoms with Crippen LogP contribution in [0.2, 0.25) is 0 Å². The van der Waals surface area contributed by atoms with Crippen molar-refractivity contribution in [2.24, 2.45) is 0 Å². The minimum Gasteiger partial charge on any atom is -0.367 e. The van der Waals surface area contributed by atoms with Crippen LogP contribution in [0.4, 0.5) is 0 Å². The molecule has 2 saturated heterocycles. The zero-order valence-electron chi connectivity index (χ0n) is 22.9. The first-order valence-corrected chi connectivity index (χ1v) is 15.5. The van der Waals surface area contributed by atoms with E-state index >= 15 is 0 Å². The molecule has 0 aromatic rings. The summed E-state index contributed by atoms with van der Waals surface area (Å²) < 4.78 is 7.24. The lowest BCUT2D eigenvalue weighted by Gasteiger charge is -2.12. The summed E-state index contributed by atoms with van der Waals surface area (Å²) in [6.07, 6.45) is 25.9. The third-order valence-electron chi connectivity index (χ3n) is 6.81. The number of thioether (sulfide) groups is 2. The van der Waals surface area contributed by atoms with Gasteiger partial charge in [0.15, 0.2) is 0 Å². The molecule has 2 fully saturated rings. The lowest BCUT2D eigenvalue weighted by Crippen LogP contribution is -2.02. The molecule has 0 amide bonds. The van der Waals surface area contributed by atoms with Gasteiger partial charge in [-0.25, -0.2) is 0 Å². The van der Waals surface area contributed by atoms with Gasteiger partial charge >= 0.3 is 0 Å². The topological polar surface area (TPSA) is 12.5 Å². The van der Waals surface area contributed by atoms with Gasteiger partial charge in [0.2, 0.25) is 0 Å². The van der Waals surface area contributed by atoms with Gasteiger partial charge in [-0.05, 0) is 124 Å². The predicted octanol–water partition coefficient (Wildman–Crippen LogP) is 10.6. The van der Waals surface area contributed by atoms with Gasteiger partial charge in [-0.15, -0.1) is 23.5 Å². The average Bonchev–Trinajstić information content (AvgIpc) is 3.42. The van der Waals surface area contributed by atoms with Crippen LogP contribution in [0, 0.1) is 0 Å². The van der Waals surface area contributed by atoms with Gasteiger partial charge in [-0.2, -0.15) is 0 Å². The van der Waals surface area contributed by atoms with Crippen LogP contribution in [0.3, 0.4) is 0 Å². The van der Waals surface area contributed by atoms with E-state index in [9.17, 15) is 0 Å². The quantitative estimate of drug-likeness (QED) is 0.125. The highest BCUT2D eigenvalue weighted by atomic mass is 32.2. The SMILES string of the molecule is C/C(=C\CC/C(C)=C/CC/C=C(\C)CC/C=C(\C)CCC1OC1(C)C)CCC=C1SCCCS1. The van der Waals surface area contributed by atoms with E-state index in [4.69, 9.17) is 4.74 Å². The Labute approximate surface area is 220 Å². The minimum absolute atomic E-state index is 0.132. The van der Waals surface area contributed by atoms with Gasteiger partial charge in [0.25, 0.3) is 0 Å². The number of allylic oxidation sites excluding steroid dienone is 9. The number of ether oxygens (including phenoxy) is 1. The van der Waals surface area contributed by atoms with Gasteiger partial charge in [0.05, 0.1) is 11.7 Å². The maximum Gasteiger partial charge on any atom is 0.0892 e. The van der Waals surface area contributed by atoms with Crippen molar-refractivity contribution in [1.82, 2.24) is 0 Å². The molecule has 1 atom stereocenters. The molecule has 0 aromatic heterocycles. The molecule has 3 heteroatoms. The lowest BCUT2D eigenvalue weighted by molar-refractivity contribution is 0.320. The summed E-state index contributed by atoms with van der Waals surface area (Å²) in [6.45, 7) is 13.5. The van der Waals surface area contributed by atoms with Gasteiger partial charge in [-0.3, -0.25) is 0 Å². The smallest absolute Gasteiger partial charge is 0.0892 e. The summed E-state index contributed by atoms with van der Waals surface area (Å²) in [5, 5.41) is 0. The maximum atomic E-state index is 5.69. The molecule has 0 saturated carbocycles. The molecule has 2 aliphatic rings. The van der Waals surface area contributed by atoms with Crippen molar-refractivity contribution in [2.45, 2.75) is 124 Å². The molecule has 0 N–H and O–H groups in total. The second-order valence-corrected chi connectivity index (χ2v) is 13.2. The van der Waals surface area contributed by atoms with E-state index in [0.717, 1.165) is 0 Å². The number of rotatable bonds is 15. The van der Waals surface area contributed by atoms with Crippen molar-refractivity contribution in [3.8, 4) is 0 Å². The van der Waals surface area contributed by atoms with Crippen LogP contribution in [-0.4, -0.2) is 23.2 Å². The van der Waals surface area contributed by atoms with E-state index < -0.39 is 0 Å². The highest BCUT2D eigenvalue weighted by molar-refractivity contribution is 8.22. The monoisotopic (exact) mass is 502 g/mol. The van der Waals surface area contributed by atoms with Crippen LogP contribution in [-0.2, 0) is 4.74 Å². The Kier molecular flexibility index (Phi) is 14.1. The average molecular weight is 503 g/mol. The van der Waals surface area contributed by atoms with E-state index in [1.165, 1.54) is 98.9 Å². The molecule has 2 rings (SSSR count). The highest BCUT2D eigenvalue weighted by Crippen LogP contribution is 2.39. The Morgan fingerprint density at radius 1 is 0.735 bits per heavy atom. The molecule has 0 spiro atoms. The van der Waals surface area contributed by atoms with Crippen molar-refractivity contribution < 1.29 is 4.74 Å². The molecule has 192 valence electrons. The molecule has 2 aliphatic heterocycles. The van der Waals surface area contributed by atoms with Gasteiger partial charge < -0.3 is 4.74 Å². The molecule has 0 aromatic carbocycles. The highest BCUT2D eigenvalue weighted by Gasteiger charge is 2.46. The standard InChI is InChI=1S/C31H50OS2/c1-25(15-9-17-27(3)19-11-20-30-33-23-12-24-34-30)13-7-8-14-26(2)16-10-18-28(4)21-22-29-31(5,6)32-29/h13-14,17-18,20,29H,7-12,15-16,19,21-24H2,1-6H3/b25-13+,26-14+,27-17+,28-18+. The summed E-state index contributed by atoms with van der Waals surface area (Å²) in [5.41, 5.74) is 6.25. The molecular weight excluding hydrogens is 452 g/mol. The van der Waals surface area contributed by atoms with Crippen LogP contribution in [0.15, 0.2) is 56.9 Å². The van der Waals surface area contributed by atoms with Gasteiger partial charge in [-0.1, -0.05) is 52.7 Å². The summed E-state index contributed by atoms with van der Waals surface area (Å²) in [6, 6.07) is 0. The third kappa shape index (κ3) is 13.4. The third-order valence-corrected chi connectivity index (χ3v) is 9.40. The molecular formula is C31H50OS2. The molecule has 1 nitrogen and oxygen atoms in total. The van der Waals surface area contributed by atoms with Crippen LogP contribution < -0.4 is 0 Å². The number of unbranched alkanes of at least 4 members (excludes halogenated alkanes) is 1. The van der Waals surface area contributed by atoms with Crippen LogP contribution in [0.25, 0.3) is 0 Å². The zero-order chi connectivity index (χ0) is 24.8. The second kappa shape index (κ2) is 16.2. The van der Waals surface area contributed by atoms with Crippen molar-refractivity contribution in [3.63, 3.8) is 0 Å². The fourth-order valence-corrected chi connectivity index (χ4v) is 6.71. The number of epoxide rings is 1. The maximum absolute atomic E-state index is 5.69. The van der Waals surface area contributed by atoms with Crippen molar-refractivity contribution in [1.29, 1.82) is 0 Å². The Morgan fingerprint density at radius 3 is 1.68 bits per heavy atom. The molecule has 34 heavy (non-hydrogen) atoms. The Balaban J connectivity index is 1.53. The Bertz CT molecular complexity index is 758. The van der Waals surface area contributed by atoms with Crippen LogP contribution in [0.1, 0.15) is 112 Å². The summed E-state index contributed by atoms with van der Waals surface area (Å²) in [4.78, 5) is 0. The first-order valence-electron chi connectivity index (χ1n) is 13.5. The van der Waals surface area contributed by atoms with Crippen LogP contribution in [0.5, 0.6) is 0 Å². The Hall–Kier alpha value is -0.640. The summed E-state index contributed by atoms with van der Waals surface area (Å²) >= 11 is 4.09. The van der Waals surface area contributed by atoms with Gasteiger partial charge in [0, 0.05) is 4.24 Å². The largest absolute Gasteiger partial charge is 0.367 e. The second-order valence-electron chi connectivity index (χ2n) is 10.7. The van der Waals surface area contributed by atoms with Crippen LogP contribution >= 0.6 is 23.5 Å². The first-order chi connectivity index (χ1) is 16.3. The molecule has 0 aliphatic carbocycles. The Morgan fingerprint density at radius 2 is 1.18 bits per heavy atom. The van der Waals surface area contributed by atoms with Crippen molar-refractivity contribution in [2.75, 3.05) is 11.5 Å². The number of hydrogen-bond acceptors (Lipinski definition) is 3. The number of hydrogen-bond donors (Lipinski definition) is 0. The van der Waals surface area contributed by atoms with E-state index in [-0.39, 0.29) is 5.60 Å². The lowest BCUT2D eigenvalue weighted by atomic mass is 10.0. The first kappa shape index (κ1) is 29.6. The normalized spacial score (nSPS) is 21.7. The van der Waals surface area contributed by atoms with Gasteiger partial charge in [0.1, 0.15) is 0 Å². The predicted molar refractivity (Wildman–Crippen MR) is 158 cm³/mol. The van der Waals surface area contributed by atoms with E-state index in [1.807, 2.05) is 23.5 Å². The molecule has 0 bridgehead atoms. The fourth-order valence-electron chi connectivity index (χ4n) is 4.24. The molecule has 1 unspecified atom stereocenters. The van der Waals surface area contributed by atoms with Crippen molar-refractivity contribution in [3.05, 3.63) is 56.9 Å². The summed E-state index contributed by atoms with van der Waals surface area (Å²) in [5.74, 6) is 2.61. The van der Waals surface area contributed by atoms with E-state index in [1.54, 1.807) is 9.81 Å². The molecule has 2 heterocycles.